The van der Waals surface area contributed by atoms with Crippen LogP contribution >= 0.6 is 0 Å². The molecule has 2 amide bonds. The van der Waals surface area contributed by atoms with Crippen LogP contribution in [0.1, 0.15) is 58.0 Å². The first kappa shape index (κ1) is 19.5. The van der Waals surface area contributed by atoms with Crippen molar-refractivity contribution in [2.75, 3.05) is 14.2 Å². The summed E-state index contributed by atoms with van der Waals surface area (Å²) < 4.78 is 4.96. The van der Waals surface area contributed by atoms with Gasteiger partial charge in [0.1, 0.15) is 0 Å². The number of likely N-dealkylation sites (tertiary alicyclic amines) is 1. The second kappa shape index (κ2) is 7.38. The number of esters is 1. The van der Waals surface area contributed by atoms with Crippen LogP contribution in [0.4, 0.5) is 0 Å². The summed E-state index contributed by atoms with van der Waals surface area (Å²) in [4.78, 5) is 49.7. The van der Waals surface area contributed by atoms with Crippen molar-refractivity contribution in [1.29, 1.82) is 0 Å². The van der Waals surface area contributed by atoms with Gasteiger partial charge >= 0.3 is 5.97 Å². The van der Waals surface area contributed by atoms with Crippen molar-refractivity contribution in [3.8, 4) is 11.1 Å². The van der Waals surface area contributed by atoms with Crippen molar-refractivity contribution in [1.82, 2.24) is 4.90 Å². The van der Waals surface area contributed by atoms with E-state index in [0.29, 0.717) is 28.5 Å². The Kier molecular flexibility index (Phi) is 5.14. The molecular formula is C22H21NO5. The molecule has 0 spiro atoms. The Balaban J connectivity index is 2.36. The number of imide groups is 1. The van der Waals surface area contributed by atoms with Crippen LogP contribution < -0.4 is 0 Å². The summed E-state index contributed by atoms with van der Waals surface area (Å²) in [5, 5.41) is 0. The lowest BCUT2D eigenvalue weighted by molar-refractivity contribution is -0.135. The molecule has 6 nitrogen and oxygen atoms in total. The van der Waals surface area contributed by atoms with E-state index in [9.17, 15) is 19.2 Å². The van der Waals surface area contributed by atoms with Crippen LogP contribution in [-0.4, -0.2) is 43.1 Å². The Bertz CT molecular complexity index is 1000. The number of carbonyl (C=O) groups excluding carboxylic acids is 4. The minimum absolute atomic E-state index is 0.0687. The predicted molar refractivity (Wildman–Crippen MR) is 104 cm³/mol. The van der Waals surface area contributed by atoms with E-state index in [0.717, 1.165) is 10.5 Å². The van der Waals surface area contributed by atoms with E-state index in [-0.39, 0.29) is 29.4 Å². The molecule has 0 N–H and O–H groups in total. The van der Waals surface area contributed by atoms with Crippen molar-refractivity contribution in [3.05, 3.63) is 52.1 Å². The molecule has 0 radical (unpaired) electrons. The molecule has 6 heteroatoms. The van der Waals surface area contributed by atoms with Gasteiger partial charge in [0.05, 0.1) is 19.1 Å². The molecule has 1 heterocycles. The van der Waals surface area contributed by atoms with Gasteiger partial charge in [-0.15, -0.1) is 0 Å². The summed E-state index contributed by atoms with van der Waals surface area (Å²) in [6.07, 6.45) is 2.07. The summed E-state index contributed by atoms with van der Waals surface area (Å²) in [7, 11) is 2.67. The molecule has 2 aliphatic carbocycles. The molecular weight excluding hydrogens is 358 g/mol. The third-order valence-corrected chi connectivity index (χ3v) is 5.06. The lowest BCUT2D eigenvalue weighted by Crippen LogP contribution is -2.23. The number of aldehydes is 1. The zero-order valence-electron chi connectivity index (χ0n) is 16.2. The van der Waals surface area contributed by atoms with Crippen LogP contribution in [0.5, 0.6) is 0 Å². The molecule has 28 heavy (non-hydrogen) atoms. The van der Waals surface area contributed by atoms with E-state index in [2.05, 4.69) is 0 Å². The fraction of sp³-hybridized carbons (Fsp3) is 0.273. The topological polar surface area (TPSA) is 80.8 Å². The zero-order chi connectivity index (χ0) is 20.6. The van der Waals surface area contributed by atoms with Crippen molar-refractivity contribution in [3.63, 3.8) is 0 Å². The predicted octanol–water partition coefficient (Wildman–Crippen LogP) is 3.29. The third-order valence-electron chi connectivity index (χ3n) is 5.06. The minimum atomic E-state index is -0.601. The number of amides is 2. The fourth-order valence-electron chi connectivity index (χ4n) is 3.44. The molecule has 1 saturated heterocycles. The number of nitrogens with zero attached hydrogens (tertiary/aromatic N) is 1. The monoisotopic (exact) mass is 379 g/mol. The first-order valence-electron chi connectivity index (χ1n) is 8.94. The van der Waals surface area contributed by atoms with Crippen LogP contribution in [0.2, 0.25) is 0 Å². The number of hydrogen-bond acceptors (Lipinski definition) is 5. The number of likely N-dealkylation sites (N-methyl/N-ethyl adjacent to an activating group) is 1. The van der Waals surface area contributed by atoms with Crippen molar-refractivity contribution in [2.45, 2.75) is 26.2 Å². The molecule has 144 valence electrons. The Morgan fingerprint density at radius 1 is 1.18 bits per heavy atom. The molecule has 3 aliphatic rings. The second-order valence-electron chi connectivity index (χ2n) is 7.07. The normalized spacial score (nSPS) is 15.8. The van der Waals surface area contributed by atoms with Crippen molar-refractivity contribution in [2.24, 2.45) is 0 Å². The number of fused-ring (bicyclic) bond motifs is 1. The molecule has 1 fully saturated rings. The quantitative estimate of drug-likeness (QED) is 0.352. The largest absolute Gasteiger partial charge is 0.465 e. The molecule has 0 aromatic heterocycles. The van der Waals surface area contributed by atoms with Gasteiger partial charge in [0, 0.05) is 23.7 Å². The maximum atomic E-state index is 12.6. The molecule has 0 unspecified atom stereocenters. The first-order chi connectivity index (χ1) is 13.3. The Morgan fingerprint density at radius 3 is 2.43 bits per heavy atom. The van der Waals surface area contributed by atoms with Gasteiger partial charge in [0.25, 0.3) is 5.91 Å². The smallest absolute Gasteiger partial charge is 0.339 e. The Hall–Kier alpha value is -3.28. The fourth-order valence-corrected chi connectivity index (χ4v) is 3.44. The summed E-state index contributed by atoms with van der Waals surface area (Å²) in [6, 6.07) is 7.41. The summed E-state index contributed by atoms with van der Waals surface area (Å²) in [6.45, 7) is 4.06. The minimum Gasteiger partial charge on any atom is -0.465 e. The van der Waals surface area contributed by atoms with Gasteiger partial charge in [-0.3, -0.25) is 19.3 Å². The maximum absolute atomic E-state index is 12.6. The average Bonchev–Trinajstić information content (AvgIpc) is 2.96. The summed E-state index contributed by atoms with van der Waals surface area (Å²) in [5.41, 5.74) is 3.24. The van der Waals surface area contributed by atoms with E-state index in [1.807, 2.05) is 32.0 Å². The van der Waals surface area contributed by atoms with Gasteiger partial charge in [-0.05, 0) is 34.8 Å². The van der Waals surface area contributed by atoms with Crippen LogP contribution in [-0.2, 0) is 14.3 Å². The summed E-state index contributed by atoms with van der Waals surface area (Å²) >= 11 is 0. The van der Waals surface area contributed by atoms with E-state index in [1.54, 1.807) is 6.07 Å². The number of hydrogen-bond donors (Lipinski definition) is 0. The number of methoxy groups -OCH3 is 1. The van der Waals surface area contributed by atoms with Crippen LogP contribution in [0.3, 0.4) is 0 Å². The number of rotatable bonds is 4. The highest BCUT2D eigenvalue weighted by molar-refractivity contribution is 6.17. The maximum Gasteiger partial charge on any atom is 0.339 e. The highest BCUT2D eigenvalue weighted by Gasteiger charge is 2.33. The Morgan fingerprint density at radius 2 is 1.89 bits per heavy atom. The van der Waals surface area contributed by atoms with Crippen molar-refractivity contribution >= 4 is 30.1 Å². The van der Waals surface area contributed by atoms with Crippen LogP contribution in [0.25, 0.3) is 17.2 Å². The van der Waals surface area contributed by atoms with Gasteiger partial charge in [0.2, 0.25) is 5.91 Å². The molecule has 0 aromatic carbocycles. The lowest BCUT2D eigenvalue weighted by atomic mass is 10.0. The standard InChI is InChI=1S/C22H21NO5/c1-12(2)13-6-5-7-15-16(8-13)20(22(27)28-4)17(18(15)11-24)9-14-10-19(25)23(3)21(14)26/h5-9,11-12H,10H2,1-4H3/b14-9+. The molecule has 1 aliphatic heterocycles. The van der Waals surface area contributed by atoms with Gasteiger partial charge in [-0.25, -0.2) is 4.79 Å². The van der Waals surface area contributed by atoms with E-state index in [1.165, 1.54) is 20.2 Å². The lowest BCUT2D eigenvalue weighted by Gasteiger charge is -2.05. The van der Waals surface area contributed by atoms with Gasteiger partial charge in [-0.2, -0.15) is 0 Å². The first-order valence-corrected chi connectivity index (χ1v) is 8.94. The molecule has 0 atom stereocenters. The highest BCUT2D eigenvalue weighted by Crippen LogP contribution is 2.39. The third kappa shape index (κ3) is 3.11. The number of ether oxygens (including phenoxy) is 1. The SMILES string of the molecule is COC(=O)c1c2cc(C(C)C)cccc-2c(C=O)c1/C=C1\CC(=O)N(C)C1=O. The summed E-state index contributed by atoms with van der Waals surface area (Å²) in [5.74, 6) is -1.15. The molecule has 0 aromatic rings. The van der Waals surface area contributed by atoms with Crippen LogP contribution in [0, 0.1) is 0 Å². The number of carbonyl (C=O) groups is 4. The van der Waals surface area contributed by atoms with Crippen molar-refractivity contribution < 1.29 is 23.9 Å². The van der Waals surface area contributed by atoms with Crippen LogP contribution in [0.15, 0.2) is 29.8 Å². The molecule has 0 saturated carbocycles. The highest BCUT2D eigenvalue weighted by atomic mass is 16.5. The average molecular weight is 379 g/mol. The molecule has 3 rings (SSSR count). The van der Waals surface area contributed by atoms with Gasteiger partial charge < -0.3 is 4.74 Å². The zero-order valence-corrected chi connectivity index (χ0v) is 16.2. The van der Waals surface area contributed by atoms with Gasteiger partial charge in [-0.1, -0.05) is 32.0 Å². The van der Waals surface area contributed by atoms with E-state index >= 15 is 0 Å². The second-order valence-corrected chi connectivity index (χ2v) is 7.07. The van der Waals surface area contributed by atoms with Gasteiger partial charge in [0.15, 0.2) is 6.29 Å². The Labute approximate surface area is 163 Å². The van der Waals surface area contributed by atoms with E-state index < -0.39 is 11.9 Å². The molecule has 0 bridgehead atoms. The van der Waals surface area contributed by atoms with E-state index in [4.69, 9.17) is 4.74 Å².